The second kappa shape index (κ2) is 3.26. The Bertz CT molecular complexity index is 272. The molecule has 1 aliphatic rings. The van der Waals surface area contributed by atoms with Gasteiger partial charge in [-0.05, 0) is 6.07 Å². The topological polar surface area (TPSA) is 49.2 Å². The molecule has 0 bridgehead atoms. The smallest absolute Gasteiger partial charge is 0.225 e. The van der Waals surface area contributed by atoms with Gasteiger partial charge in [0.15, 0.2) is 0 Å². The van der Waals surface area contributed by atoms with E-state index in [0.29, 0.717) is 5.95 Å². The van der Waals surface area contributed by atoms with E-state index < -0.39 is 12.3 Å². The monoisotopic (exact) mass is 183 g/mol. The predicted molar refractivity (Wildman–Crippen MR) is 45.1 cm³/mol. The van der Waals surface area contributed by atoms with Crippen LogP contribution in [0.4, 0.5) is 10.3 Å². The summed E-state index contributed by atoms with van der Waals surface area (Å²) in [6.45, 7) is 0.441. The first-order valence-electron chi connectivity index (χ1n) is 4.11. The van der Waals surface area contributed by atoms with Gasteiger partial charge in [0.2, 0.25) is 5.95 Å². The minimum atomic E-state index is -1.19. The highest BCUT2D eigenvalue weighted by atomic mass is 19.1. The molecule has 1 aliphatic heterocycles. The van der Waals surface area contributed by atoms with Crippen molar-refractivity contribution < 1.29 is 9.50 Å². The van der Waals surface area contributed by atoms with Crippen LogP contribution >= 0.6 is 0 Å². The van der Waals surface area contributed by atoms with Crippen molar-refractivity contribution in [2.75, 3.05) is 18.0 Å². The average Bonchev–Trinajstić information content (AvgIpc) is 2.49. The normalized spacial score (nSPS) is 28.0. The molecule has 1 fully saturated rings. The Morgan fingerprint density at radius 2 is 2.08 bits per heavy atom. The van der Waals surface area contributed by atoms with Crippen LogP contribution < -0.4 is 4.90 Å². The van der Waals surface area contributed by atoms with Crippen molar-refractivity contribution in [3.8, 4) is 0 Å². The number of aliphatic hydroxyl groups excluding tert-OH is 1. The molecule has 70 valence electrons. The number of aliphatic hydroxyl groups is 1. The molecule has 0 spiro atoms. The zero-order valence-corrected chi connectivity index (χ0v) is 6.97. The maximum atomic E-state index is 12.9. The molecule has 1 aromatic rings. The van der Waals surface area contributed by atoms with E-state index in [9.17, 15) is 4.39 Å². The standard InChI is InChI=1S/C8H10FN3O/c9-6-4-12(5-7(6)13)8-10-2-1-3-11-8/h1-3,6-7,13H,4-5H2. The molecule has 2 unspecified atom stereocenters. The Morgan fingerprint density at radius 1 is 1.38 bits per heavy atom. The number of hydrogen-bond donors (Lipinski definition) is 1. The van der Waals surface area contributed by atoms with Crippen LogP contribution in [-0.2, 0) is 0 Å². The molecule has 1 aromatic heterocycles. The van der Waals surface area contributed by atoms with E-state index >= 15 is 0 Å². The highest BCUT2D eigenvalue weighted by molar-refractivity contribution is 5.31. The molecule has 4 nitrogen and oxygen atoms in total. The van der Waals surface area contributed by atoms with Crippen LogP contribution in [0.15, 0.2) is 18.5 Å². The lowest BCUT2D eigenvalue weighted by Gasteiger charge is -2.13. The summed E-state index contributed by atoms with van der Waals surface area (Å²) in [7, 11) is 0. The van der Waals surface area contributed by atoms with Gasteiger partial charge in [0, 0.05) is 18.9 Å². The van der Waals surface area contributed by atoms with E-state index in [0.717, 1.165) is 0 Å². The van der Waals surface area contributed by atoms with Gasteiger partial charge in [0.05, 0.1) is 6.54 Å². The lowest BCUT2D eigenvalue weighted by atomic mass is 10.3. The van der Waals surface area contributed by atoms with Crippen molar-refractivity contribution >= 4 is 5.95 Å². The highest BCUT2D eigenvalue weighted by Gasteiger charge is 2.32. The Kier molecular flexibility index (Phi) is 2.10. The molecule has 0 amide bonds. The Morgan fingerprint density at radius 3 is 2.62 bits per heavy atom. The predicted octanol–water partition coefficient (Wildman–Crippen LogP) is -0.00440. The number of nitrogens with zero attached hydrogens (tertiary/aromatic N) is 3. The molecule has 2 atom stereocenters. The van der Waals surface area contributed by atoms with Crippen LogP contribution in [0.1, 0.15) is 0 Å². The van der Waals surface area contributed by atoms with Gasteiger partial charge in [-0.3, -0.25) is 0 Å². The molecular formula is C8H10FN3O. The van der Waals surface area contributed by atoms with Crippen LogP contribution in [0.5, 0.6) is 0 Å². The van der Waals surface area contributed by atoms with Gasteiger partial charge in [-0.1, -0.05) is 0 Å². The first-order chi connectivity index (χ1) is 6.27. The van der Waals surface area contributed by atoms with Crippen molar-refractivity contribution in [1.29, 1.82) is 0 Å². The molecule has 2 rings (SSSR count). The van der Waals surface area contributed by atoms with Gasteiger partial charge in [-0.2, -0.15) is 0 Å². The minimum Gasteiger partial charge on any atom is -0.388 e. The number of hydrogen-bond acceptors (Lipinski definition) is 4. The van der Waals surface area contributed by atoms with E-state index in [2.05, 4.69) is 9.97 Å². The third-order valence-corrected chi connectivity index (χ3v) is 2.05. The minimum absolute atomic E-state index is 0.172. The molecule has 0 aromatic carbocycles. The molecule has 13 heavy (non-hydrogen) atoms. The van der Waals surface area contributed by atoms with Crippen molar-refractivity contribution in [3.63, 3.8) is 0 Å². The number of alkyl halides is 1. The van der Waals surface area contributed by atoms with Gasteiger partial charge in [-0.25, -0.2) is 14.4 Å². The second-order valence-electron chi connectivity index (χ2n) is 3.04. The fourth-order valence-electron chi connectivity index (χ4n) is 1.36. The summed E-state index contributed by atoms with van der Waals surface area (Å²) in [4.78, 5) is 9.57. The number of anilines is 1. The van der Waals surface area contributed by atoms with E-state index in [4.69, 9.17) is 5.11 Å². The summed E-state index contributed by atoms with van der Waals surface area (Å²) < 4.78 is 12.9. The quantitative estimate of drug-likeness (QED) is 0.665. The molecule has 5 heteroatoms. The first-order valence-corrected chi connectivity index (χ1v) is 4.11. The third kappa shape index (κ3) is 1.60. The van der Waals surface area contributed by atoms with Gasteiger partial charge in [-0.15, -0.1) is 0 Å². The first kappa shape index (κ1) is 8.37. The van der Waals surface area contributed by atoms with Crippen LogP contribution in [0.3, 0.4) is 0 Å². The summed E-state index contributed by atoms with van der Waals surface area (Å²) >= 11 is 0. The Balaban J connectivity index is 2.12. The van der Waals surface area contributed by atoms with E-state index in [1.165, 1.54) is 0 Å². The van der Waals surface area contributed by atoms with Gasteiger partial charge in [0.1, 0.15) is 12.3 Å². The summed E-state index contributed by atoms with van der Waals surface area (Å²) in [5, 5.41) is 9.16. The van der Waals surface area contributed by atoms with E-state index in [1.54, 1.807) is 23.4 Å². The van der Waals surface area contributed by atoms with E-state index in [-0.39, 0.29) is 13.1 Å². The van der Waals surface area contributed by atoms with Gasteiger partial charge in [0.25, 0.3) is 0 Å². The zero-order valence-electron chi connectivity index (χ0n) is 6.97. The lowest BCUT2D eigenvalue weighted by molar-refractivity contribution is 0.118. The van der Waals surface area contributed by atoms with Crippen LogP contribution in [0, 0.1) is 0 Å². The average molecular weight is 183 g/mol. The summed E-state index contributed by atoms with van der Waals surface area (Å²) in [6, 6.07) is 1.70. The molecule has 0 aliphatic carbocycles. The van der Waals surface area contributed by atoms with E-state index in [1.807, 2.05) is 0 Å². The highest BCUT2D eigenvalue weighted by Crippen LogP contribution is 2.17. The maximum Gasteiger partial charge on any atom is 0.225 e. The molecule has 2 heterocycles. The fourth-order valence-corrected chi connectivity index (χ4v) is 1.36. The van der Waals surface area contributed by atoms with Gasteiger partial charge < -0.3 is 10.0 Å². The van der Waals surface area contributed by atoms with Crippen LogP contribution in [0.2, 0.25) is 0 Å². The number of aromatic nitrogens is 2. The second-order valence-corrected chi connectivity index (χ2v) is 3.04. The van der Waals surface area contributed by atoms with Crippen molar-refractivity contribution in [1.82, 2.24) is 9.97 Å². The third-order valence-electron chi connectivity index (χ3n) is 2.05. The van der Waals surface area contributed by atoms with Crippen molar-refractivity contribution in [2.24, 2.45) is 0 Å². The largest absolute Gasteiger partial charge is 0.388 e. The Labute approximate surface area is 75.0 Å². The SMILES string of the molecule is OC1CN(c2ncccn2)CC1F. The van der Waals surface area contributed by atoms with Gasteiger partial charge >= 0.3 is 0 Å². The molecular weight excluding hydrogens is 173 g/mol. The lowest BCUT2D eigenvalue weighted by Crippen LogP contribution is -2.23. The molecule has 0 saturated carbocycles. The fraction of sp³-hybridized carbons (Fsp3) is 0.500. The number of β-amino-alcohol motifs (C(OH)–C–C–N with tert-alkyl or cyclic N) is 1. The summed E-state index contributed by atoms with van der Waals surface area (Å²) in [5.41, 5.74) is 0. The molecule has 1 N–H and O–H groups in total. The molecule has 0 radical (unpaired) electrons. The Hall–Kier alpha value is -1.23. The van der Waals surface area contributed by atoms with Crippen LogP contribution in [0.25, 0.3) is 0 Å². The molecule has 1 saturated heterocycles. The zero-order chi connectivity index (χ0) is 9.26. The van der Waals surface area contributed by atoms with Crippen molar-refractivity contribution in [3.05, 3.63) is 18.5 Å². The maximum absolute atomic E-state index is 12.9. The van der Waals surface area contributed by atoms with Crippen LogP contribution in [-0.4, -0.2) is 40.4 Å². The summed E-state index contributed by atoms with van der Waals surface area (Å²) in [5.74, 6) is 0.474. The number of rotatable bonds is 1. The van der Waals surface area contributed by atoms with Crippen molar-refractivity contribution in [2.45, 2.75) is 12.3 Å². The summed E-state index contributed by atoms with van der Waals surface area (Å²) in [6.07, 6.45) is 1.09. The number of halogens is 1.